The van der Waals surface area contributed by atoms with E-state index in [1.807, 2.05) is 37.4 Å². The van der Waals surface area contributed by atoms with Gasteiger partial charge in [0.2, 0.25) is 0 Å². The Morgan fingerprint density at radius 1 is 1.15 bits per heavy atom. The predicted octanol–water partition coefficient (Wildman–Crippen LogP) is 3.83. The number of hydrogen-bond donors (Lipinski definition) is 1. The maximum atomic E-state index is 10.8. The Labute approximate surface area is 127 Å². The van der Waals surface area contributed by atoms with Gasteiger partial charge in [0.15, 0.2) is 0 Å². The molecule has 0 aliphatic carbocycles. The molecule has 4 heteroatoms. The molecule has 0 amide bonds. The average Bonchev–Trinajstić information content (AvgIpc) is 2.46. The second-order valence-electron chi connectivity index (χ2n) is 4.61. The Kier molecular flexibility index (Phi) is 4.79. The van der Waals surface area contributed by atoms with E-state index in [1.165, 1.54) is 5.56 Å². The number of carboxylic acids is 1. The van der Waals surface area contributed by atoms with Crippen molar-refractivity contribution in [2.45, 2.75) is 6.42 Å². The van der Waals surface area contributed by atoms with E-state index in [2.05, 4.69) is 26.9 Å². The monoisotopic (exact) mass is 333 g/mol. The van der Waals surface area contributed by atoms with Gasteiger partial charge in [-0.1, -0.05) is 34.1 Å². The van der Waals surface area contributed by atoms with Gasteiger partial charge in [-0.2, -0.15) is 0 Å². The van der Waals surface area contributed by atoms with E-state index < -0.39 is 5.97 Å². The Hall–Kier alpha value is -1.81. The summed E-state index contributed by atoms with van der Waals surface area (Å²) in [4.78, 5) is 12.9. The zero-order chi connectivity index (χ0) is 14.5. The summed E-state index contributed by atoms with van der Waals surface area (Å²) in [6.07, 6.45) is 0.929. The van der Waals surface area contributed by atoms with Crippen molar-refractivity contribution in [1.82, 2.24) is 0 Å². The Morgan fingerprint density at radius 3 is 2.40 bits per heavy atom. The third kappa shape index (κ3) is 3.61. The number of halogens is 1. The molecule has 0 atom stereocenters. The van der Waals surface area contributed by atoms with Gasteiger partial charge in [-0.25, -0.2) is 4.79 Å². The molecule has 0 saturated heterocycles. The van der Waals surface area contributed by atoms with Gasteiger partial charge in [0, 0.05) is 23.8 Å². The maximum absolute atomic E-state index is 10.8. The van der Waals surface area contributed by atoms with E-state index in [9.17, 15) is 4.79 Å². The van der Waals surface area contributed by atoms with E-state index in [-0.39, 0.29) is 0 Å². The number of anilines is 1. The average molecular weight is 334 g/mol. The van der Waals surface area contributed by atoms with Crippen molar-refractivity contribution in [3.05, 3.63) is 64.1 Å². The van der Waals surface area contributed by atoms with Crippen LogP contribution in [0.4, 0.5) is 5.69 Å². The molecule has 0 fully saturated rings. The quantitative estimate of drug-likeness (QED) is 0.904. The fourth-order valence-corrected chi connectivity index (χ4v) is 2.46. The van der Waals surface area contributed by atoms with Crippen LogP contribution in [0.2, 0.25) is 0 Å². The van der Waals surface area contributed by atoms with Gasteiger partial charge < -0.3 is 10.0 Å². The van der Waals surface area contributed by atoms with Gasteiger partial charge >= 0.3 is 5.97 Å². The second kappa shape index (κ2) is 6.57. The summed E-state index contributed by atoms with van der Waals surface area (Å²) < 4.78 is 1.12. The molecule has 0 unspecified atom stereocenters. The molecule has 0 spiro atoms. The highest BCUT2D eigenvalue weighted by Gasteiger charge is 2.06. The molecule has 0 aliphatic rings. The molecule has 0 heterocycles. The van der Waals surface area contributed by atoms with E-state index in [4.69, 9.17) is 5.11 Å². The van der Waals surface area contributed by atoms with Crippen molar-refractivity contribution in [2.24, 2.45) is 0 Å². The van der Waals surface area contributed by atoms with Gasteiger partial charge in [0.25, 0.3) is 0 Å². The van der Waals surface area contributed by atoms with Crippen LogP contribution in [-0.4, -0.2) is 24.7 Å². The first-order valence-electron chi connectivity index (χ1n) is 6.36. The highest BCUT2D eigenvalue weighted by Crippen LogP contribution is 2.18. The smallest absolute Gasteiger partial charge is 0.335 e. The summed E-state index contributed by atoms with van der Waals surface area (Å²) >= 11 is 3.54. The zero-order valence-electron chi connectivity index (χ0n) is 11.2. The van der Waals surface area contributed by atoms with Crippen LogP contribution < -0.4 is 4.90 Å². The normalized spacial score (nSPS) is 10.3. The van der Waals surface area contributed by atoms with Crippen LogP contribution in [0, 0.1) is 0 Å². The number of nitrogens with zero attached hydrogens (tertiary/aromatic N) is 1. The molecule has 0 bridgehead atoms. The van der Waals surface area contributed by atoms with Gasteiger partial charge in [-0.05, 0) is 42.3 Å². The van der Waals surface area contributed by atoms with Gasteiger partial charge in [0.05, 0.1) is 5.56 Å². The molecule has 0 radical (unpaired) electrons. The van der Waals surface area contributed by atoms with Crippen molar-refractivity contribution < 1.29 is 9.90 Å². The Morgan fingerprint density at radius 2 is 1.80 bits per heavy atom. The number of carboxylic acid groups (broad SMARTS) is 1. The number of likely N-dealkylation sites (N-methyl/N-ethyl adjacent to an activating group) is 1. The first-order valence-corrected chi connectivity index (χ1v) is 7.15. The summed E-state index contributed by atoms with van der Waals surface area (Å²) in [7, 11) is 2.01. The van der Waals surface area contributed by atoms with Crippen LogP contribution >= 0.6 is 15.9 Å². The minimum absolute atomic E-state index is 0.313. The van der Waals surface area contributed by atoms with E-state index >= 15 is 0 Å². The maximum Gasteiger partial charge on any atom is 0.335 e. The third-order valence-corrected chi connectivity index (χ3v) is 4.00. The SMILES string of the molecule is CN(CCc1ccccc1Br)c1ccc(C(=O)O)cc1. The first kappa shape index (κ1) is 14.6. The first-order chi connectivity index (χ1) is 9.58. The fourth-order valence-electron chi connectivity index (χ4n) is 1.98. The molecule has 2 aromatic rings. The minimum Gasteiger partial charge on any atom is -0.478 e. The van der Waals surface area contributed by atoms with E-state index in [0.29, 0.717) is 5.56 Å². The largest absolute Gasteiger partial charge is 0.478 e. The summed E-state index contributed by atoms with van der Waals surface area (Å²) in [6, 6.07) is 15.1. The summed E-state index contributed by atoms with van der Waals surface area (Å²) in [5.74, 6) is -0.896. The number of carbonyl (C=O) groups is 1. The molecule has 1 N–H and O–H groups in total. The zero-order valence-corrected chi connectivity index (χ0v) is 12.8. The second-order valence-corrected chi connectivity index (χ2v) is 5.47. The highest BCUT2D eigenvalue weighted by molar-refractivity contribution is 9.10. The topological polar surface area (TPSA) is 40.5 Å². The summed E-state index contributed by atoms with van der Waals surface area (Å²) in [5.41, 5.74) is 2.59. The molecule has 2 aromatic carbocycles. The van der Waals surface area contributed by atoms with Crippen LogP contribution in [0.3, 0.4) is 0 Å². The van der Waals surface area contributed by atoms with Crippen LogP contribution in [0.1, 0.15) is 15.9 Å². The van der Waals surface area contributed by atoms with Crippen molar-refractivity contribution in [1.29, 1.82) is 0 Å². The number of rotatable bonds is 5. The van der Waals surface area contributed by atoms with Crippen molar-refractivity contribution >= 4 is 27.6 Å². The molecule has 0 aliphatic heterocycles. The Balaban J connectivity index is 2.00. The van der Waals surface area contributed by atoms with E-state index in [1.54, 1.807) is 12.1 Å². The number of aromatic carboxylic acids is 1. The third-order valence-electron chi connectivity index (χ3n) is 3.23. The molecule has 104 valence electrons. The van der Waals surface area contributed by atoms with Crippen molar-refractivity contribution in [3.8, 4) is 0 Å². The number of hydrogen-bond acceptors (Lipinski definition) is 2. The predicted molar refractivity (Wildman–Crippen MR) is 84.5 cm³/mol. The van der Waals surface area contributed by atoms with Crippen molar-refractivity contribution in [2.75, 3.05) is 18.5 Å². The number of benzene rings is 2. The Bertz CT molecular complexity index is 596. The molecule has 20 heavy (non-hydrogen) atoms. The standard InChI is InChI=1S/C16H16BrNO2/c1-18(11-10-12-4-2-3-5-15(12)17)14-8-6-13(7-9-14)16(19)20/h2-9H,10-11H2,1H3,(H,19,20). The molecular weight excluding hydrogens is 318 g/mol. The molecule has 2 rings (SSSR count). The minimum atomic E-state index is -0.896. The molecule has 0 saturated carbocycles. The van der Waals surface area contributed by atoms with Gasteiger partial charge in [-0.15, -0.1) is 0 Å². The van der Waals surface area contributed by atoms with Crippen molar-refractivity contribution in [3.63, 3.8) is 0 Å². The summed E-state index contributed by atoms with van der Waals surface area (Å²) in [6.45, 7) is 0.870. The summed E-state index contributed by atoms with van der Waals surface area (Å²) in [5, 5.41) is 8.88. The lowest BCUT2D eigenvalue weighted by molar-refractivity contribution is 0.0697. The molecule has 0 aromatic heterocycles. The van der Waals surface area contributed by atoms with Gasteiger partial charge in [-0.3, -0.25) is 0 Å². The highest BCUT2D eigenvalue weighted by atomic mass is 79.9. The lowest BCUT2D eigenvalue weighted by atomic mass is 10.1. The van der Waals surface area contributed by atoms with Crippen LogP contribution in [-0.2, 0) is 6.42 Å². The molecule has 3 nitrogen and oxygen atoms in total. The van der Waals surface area contributed by atoms with Crippen LogP contribution in [0.25, 0.3) is 0 Å². The van der Waals surface area contributed by atoms with Crippen LogP contribution in [0.5, 0.6) is 0 Å². The lowest BCUT2D eigenvalue weighted by Crippen LogP contribution is -2.20. The fraction of sp³-hybridized carbons (Fsp3) is 0.188. The van der Waals surface area contributed by atoms with E-state index in [0.717, 1.165) is 23.1 Å². The van der Waals surface area contributed by atoms with Gasteiger partial charge in [0.1, 0.15) is 0 Å². The lowest BCUT2D eigenvalue weighted by Gasteiger charge is -2.19. The van der Waals surface area contributed by atoms with Crippen LogP contribution in [0.15, 0.2) is 53.0 Å². The molecular formula is C16H16BrNO2.